The largest absolute Gasteiger partial charge is 0.477 e. The van der Waals surface area contributed by atoms with Gasteiger partial charge >= 0.3 is 11.9 Å². The van der Waals surface area contributed by atoms with Crippen LogP contribution < -0.4 is 0 Å². The predicted molar refractivity (Wildman–Crippen MR) is 97.9 cm³/mol. The van der Waals surface area contributed by atoms with Crippen LogP contribution in [0.5, 0.6) is 0 Å². The van der Waals surface area contributed by atoms with Crippen molar-refractivity contribution in [2.75, 3.05) is 0 Å². The SMILES string of the molecule is CC(C)CC(=C(C(=O)O)C(=O)O)C(CC(C)C)(CC(C)C)C(C)C. The first-order chi connectivity index (χ1) is 10.8. The van der Waals surface area contributed by atoms with Gasteiger partial charge in [0.15, 0.2) is 0 Å². The number of allylic oxidation sites excluding steroid dienone is 1. The van der Waals surface area contributed by atoms with Crippen molar-refractivity contribution in [1.29, 1.82) is 0 Å². The number of hydrogen-bond acceptors (Lipinski definition) is 2. The van der Waals surface area contributed by atoms with E-state index < -0.39 is 22.9 Å². The number of rotatable bonds is 10. The highest BCUT2D eigenvalue weighted by Gasteiger charge is 2.42. The lowest BCUT2D eigenvalue weighted by atomic mass is 9.60. The molecule has 24 heavy (non-hydrogen) atoms. The molecular weight excluding hydrogens is 304 g/mol. The van der Waals surface area contributed by atoms with Crippen molar-refractivity contribution < 1.29 is 19.8 Å². The molecule has 0 radical (unpaired) electrons. The molecule has 0 bridgehead atoms. The molecule has 0 rings (SSSR count). The van der Waals surface area contributed by atoms with Crippen LogP contribution in [-0.2, 0) is 9.59 Å². The summed E-state index contributed by atoms with van der Waals surface area (Å²) in [6.07, 6.45) is 2.11. The Hall–Kier alpha value is -1.32. The first kappa shape index (κ1) is 22.7. The fourth-order valence-corrected chi connectivity index (χ4v) is 3.92. The fraction of sp³-hybridized carbons (Fsp3) is 0.800. The molecule has 0 aliphatic heterocycles. The molecule has 0 atom stereocenters. The highest BCUT2D eigenvalue weighted by molar-refractivity contribution is 6.13. The number of carboxylic acids is 2. The Kier molecular flexibility index (Phi) is 8.73. The molecule has 0 saturated heterocycles. The Morgan fingerprint density at radius 3 is 1.33 bits per heavy atom. The second kappa shape index (κ2) is 9.24. The van der Waals surface area contributed by atoms with Crippen LogP contribution in [0.2, 0.25) is 0 Å². The molecule has 2 N–H and O–H groups in total. The van der Waals surface area contributed by atoms with Crippen LogP contribution in [0.25, 0.3) is 0 Å². The summed E-state index contributed by atoms with van der Waals surface area (Å²) in [5, 5.41) is 19.2. The molecule has 0 fully saturated rings. The van der Waals surface area contributed by atoms with Gasteiger partial charge < -0.3 is 10.2 Å². The smallest absolute Gasteiger partial charge is 0.343 e. The molecule has 4 heteroatoms. The van der Waals surface area contributed by atoms with Gasteiger partial charge in [0.05, 0.1) is 0 Å². The molecule has 0 aromatic rings. The van der Waals surface area contributed by atoms with E-state index in [0.717, 1.165) is 12.8 Å². The van der Waals surface area contributed by atoms with Gasteiger partial charge in [-0.15, -0.1) is 0 Å². The molecule has 0 aromatic heterocycles. The Bertz CT molecular complexity index is 444. The normalized spacial score (nSPS) is 12.3. The van der Waals surface area contributed by atoms with Gasteiger partial charge in [-0.05, 0) is 53.9 Å². The Morgan fingerprint density at radius 2 is 1.12 bits per heavy atom. The Morgan fingerprint density at radius 1 is 0.750 bits per heavy atom. The van der Waals surface area contributed by atoms with Crippen LogP contribution in [0.3, 0.4) is 0 Å². The third-order valence-electron chi connectivity index (χ3n) is 4.59. The van der Waals surface area contributed by atoms with E-state index in [1.54, 1.807) is 0 Å². The van der Waals surface area contributed by atoms with Crippen LogP contribution >= 0.6 is 0 Å². The summed E-state index contributed by atoms with van der Waals surface area (Å²) >= 11 is 0. The molecule has 0 spiro atoms. The fourth-order valence-electron chi connectivity index (χ4n) is 3.92. The summed E-state index contributed by atoms with van der Waals surface area (Å²) < 4.78 is 0. The van der Waals surface area contributed by atoms with Gasteiger partial charge in [0, 0.05) is 0 Å². The summed E-state index contributed by atoms with van der Waals surface area (Å²) in [7, 11) is 0. The van der Waals surface area contributed by atoms with E-state index in [9.17, 15) is 19.8 Å². The predicted octanol–water partition coefficient (Wildman–Crippen LogP) is 5.23. The van der Waals surface area contributed by atoms with Crippen molar-refractivity contribution in [1.82, 2.24) is 0 Å². The van der Waals surface area contributed by atoms with E-state index in [0.29, 0.717) is 23.8 Å². The van der Waals surface area contributed by atoms with Crippen LogP contribution in [0, 0.1) is 29.1 Å². The van der Waals surface area contributed by atoms with Crippen molar-refractivity contribution in [2.24, 2.45) is 29.1 Å². The van der Waals surface area contributed by atoms with Crippen LogP contribution in [0.15, 0.2) is 11.1 Å². The molecule has 0 aliphatic rings. The zero-order chi connectivity index (χ0) is 19.2. The minimum atomic E-state index is -1.32. The van der Waals surface area contributed by atoms with Crippen molar-refractivity contribution in [3.63, 3.8) is 0 Å². The number of hydrogen-bond donors (Lipinski definition) is 2. The van der Waals surface area contributed by atoms with E-state index in [1.807, 2.05) is 13.8 Å². The summed E-state index contributed by atoms with van der Waals surface area (Å²) in [5.41, 5.74) is -0.202. The minimum Gasteiger partial charge on any atom is -0.477 e. The van der Waals surface area contributed by atoms with E-state index in [1.165, 1.54) is 0 Å². The van der Waals surface area contributed by atoms with Crippen molar-refractivity contribution >= 4 is 11.9 Å². The second-order valence-corrected chi connectivity index (χ2v) is 8.57. The van der Waals surface area contributed by atoms with E-state index in [4.69, 9.17) is 0 Å². The molecule has 0 unspecified atom stereocenters. The first-order valence-electron chi connectivity index (χ1n) is 9.05. The summed E-state index contributed by atoms with van der Waals surface area (Å²) in [6.45, 7) is 16.7. The summed E-state index contributed by atoms with van der Waals surface area (Å²) in [5.74, 6) is -1.56. The molecule has 4 nitrogen and oxygen atoms in total. The second-order valence-electron chi connectivity index (χ2n) is 8.57. The van der Waals surface area contributed by atoms with Crippen LogP contribution in [0.1, 0.15) is 74.7 Å². The molecule has 0 saturated carbocycles. The van der Waals surface area contributed by atoms with Gasteiger partial charge in [-0.3, -0.25) is 0 Å². The third-order valence-corrected chi connectivity index (χ3v) is 4.59. The van der Waals surface area contributed by atoms with Gasteiger partial charge in [0.25, 0.3) is 0 Å². The topological polar surface area (TPSA) is 74.6 Å². The van der Waals surface area contributed by atoms with Crippen molar-refractivity contribution in [2.45, 2.75) is 74.7 Å². The minimum absolute atomic E-state index is 0.171. The number of carboxylic acid groups (broad SMARTS) is 2. The molecule has 0 heterocycles. The van der Waals surface area contributed by atoms with E-state index in [2.05, 4.69) is 41.5 Å². The average Bonchev–Trinajstić information content (AvgIpc) is 2.33. The maximum atomic E-state index is 11.8. The first-order valence-corrected chi connectivity index (χ1v) is 9.05. The zero-order valence-corrected chi connectivity index (χ0v) is 16.6. The van der Waals surface area contributed by atoms with Gasteiger partial charge in [-0.1, -0.05) is 55.4 Å². The lowest BCUT2D eigenvalue weighted by Gasteiger charge is -2.44. The zero-order valence-electron chi connectivity index (χ0n) is 16.6. The highest BCUT2D eigenvalue weighted by atomic mass is 16.4. The van der Waals surface area contributed by atoms with E-state index >= 15 is 0 Å². The monoisotopic (exact) mass is 340 g/mol. The summed E-state index contributed by atoms with van der Waals surface area (Å²) in [4.78, 5) is 23.5. The lowest BCUT2D eigenvalue weighted by molar-refractivity contribution is -0.140. The Balaban J connectivity index is 6.70. The van der Waals surface area contributed by atoms with Crippen LogP contribution in [-0.4, -0.2) is 22.2 Å². The molecule has 140 valence electrons. The number of carbonyl (C=O) groups is 2. The molecule has 0 amide bonds. The maximum Gasteiger partial charge on any atom is 0.343 e. The average molecular weight is 341 g/mol. The van der Waals surface area contributed by atoms with Crippen molar-refractivity contribution in [3.05, 3.63) is 11.1 Å². The maximum absolute atomic E-state index is 11.8. The van der Waals surface area contributed by atoms with Gasteiger partial charge in [0.2, 0.25) is 0 Å². The Labute approximate surface area is 147 Å². The summed E-state index contributed by atoms with van der Waals surface area (Å²) in [6, 6.07) is 0. The number of aliphatic carboxylic acids is 2. The molecule has 0 aromatic carbocycles. The van der Waals surface area contributed by atoms with Crippen molar-refractivity contribution in [3.8, 4) is 0 Å². The highest BCUT2D eigenvalue weighted by Crippen LogP contribution is 2.50. The van der Waals surface area contributed by atoms with Gasteiger partial charge in [-0.2, -0.15) is 0 Å². The third kappa shape index (κ3) is 5.95. The van der Waals surface area contributed by atoms with Gasteiger partial charge in [-0.25, -0.2) is 9.59 Å². The quantitative estimate of drug-likeness (QED) is 0.324. The van der Waals surface area contributed by atoms with Crippen LogP contribution in [0.4, 0.5) is 0 Å². The lowest BCUT2D eigenvalue weighted by Crippen LogP contribution is -2.36. The van der Waals surface area contributed by atoms with Gasteiger partial charge in [0.1, 0.15) is 5.57 Å². The standard InChI is InChI=1S/C20H36O4/c1-12(2)9-16(17(18(21)22)19(23)24)20(15(7)8,10-13(3)4)11-14(5)6/h12-15H,9-11H2,1-8H3,(H,21,22)(H,23,24). The molecular formula is C20H36O4. The molecule has 0 aliphatic carbocycles. The van der Waals surface area contributed by atoms with E-state index in [-0.39, 0.29) is 11.8 Å².